The summed E-state index contributed by atoms with van der Waals surface area (Å²) < 4.78 is 0. The first-order valence-electron chi connectivity index (χ1n) is 5.22. The molecule has 0 bridgehead atoms. The molecule has 0 heterocycles. The van der Waals surface area contributed by atoms with Crippen LogP contribution < -0.4 is 22.5 Å². The first-order chi connectivity index (χ1) is 9.24. The molecule has 115 valence electrons. The van der Waals surface area contributed by atoms with Crippen molar-refractivity contribution in [3.05, 3.63) is 48.5 Å². The van der Waals surface area contributed by atoms with Gasteiger partial charge in [-0.2, -0.15) is 0 Å². The minimum atomic E-state index is 0. The van der Waals surface area contributed by atoms with E-state index in [1.54, 1.807) is 0 Å². The van der Waals surface area contributed by atoms with E-state index >= 15 is 0 Å². The Hall–Kier alpha value is -0.460. The maximum atomic E-state index is 5.30. The van der Waals surface area contributed by atoms with Crippen molar-refractivity contribution < 1.29 is 29.4 Å². The van der Waals surface area contributed by atoms with E-state index in [0.29, 0.717) is 12.9 Å². The molecule has 0 aliphatic rings. The third-order valence-corrected chi connectivity index (χ3v) is 2.44. The SMILES string of the molecule is NNc1ccc(-c2ccc(NN)cc2)cc1.[Cl][Co][Cl].[Ni]. The molecule has 0 amide bonds. The number of hydrazine groups is 2. The van der Waals surface area contributed by atoms with Gasteiger partial charge in [0.25, 0.3) is 0 Å². The van der Waals surface area contributed by atoms with Gasteiger partial charge < -0.3 is 10.9 Å². The molecule has 0 radical (unpaired) electrons. The van der Waals surface area contributed by atoms with E-state index in [2.05, 4.69) is 10.9 Å². The van der Waals surface area contributed by atoms with Gasteiger partial charge in [0.15, 0.2) is 0 Å². The van der Waals surface area contributed by atoms with Gasteiger partial charge in [0.05, 0.1) is 0 Å². The van der Waals surface area contributed by atoms with Gasteiger partial charge in [0.1, 0.15) is 0 Å². The smallest absolute Gasteiger partial charge is 0 e. The Morgan fingerprint density at radius 2 is 0.950 bits per heavy atom. The molecular weight excluding hydrogens is 389 g/mol. The zero-order chi connectivity index (χ0) is 14.1. The third-order valence-electron chi connectivity index (χ3n) is 2.44. The second-order valence-electron chi connectivity index (χ2n) is 3.49. The summed E-state index contributed by atoms with van der Waals surface area (Å²) in [4.78, 5) is 0. The number of hydrogen-bond acceptors (Lipinski definition) is 4. The number of nitrogen functional groups attached to an aromatic ring is 2. The molecule has 20 heavy (non-hydrogen) atoms. The summed E-state index contributed by atoms with van der Waals surface area (Å²) in [7, 11) is 9.47. The normalized spacial score (nSPS) is 9.00. The van der Waals surface area contributed by atoms with Crippen LogP contribution in [-0.2, 0) is 29.4 Å². The van der Waals surface area contributed by atoms with Gasteiger partial charge in [-0.15, -0.1) is 0 Å². The predicted octanol–water partition coefficient (Wildman–Crippen LogP) is 3.30. The van der Waals surface area contributed by atoms with E-state index in [1.165, 1.54) is 0 Å². The first-order valence-corrected chi connectivity index (χ1v) is 8.09. The van der Waals surface area contributed by atoms with Crippen LogP contribution in [0.5, 0.6) is 0 Å². The molecule has 0 atom stereocenters. The number of benzene rings is 2. The molecule has 0 aromatic heterocycles. The van der Waals surface area contributed by atoms with Crippen molar-refractivity contribution in [1.29, 1.82) is 0 Å². The summed E-state index contributed by atoms with van der Waals surface area (Å²) in [6.07, 6.45) is 0. The van der Waals surface area contributed by atoms with Crippen LogP contribution in [0.4, 0.5) is 11.4 Å². The fourth-order valence-electron chi connectivity index (χ4n) is 1.52. The number of halogens is 2. The van der Waals surface area contributed by atoms with Crippen molar-refractivity contribution in [2.24, 2.45) is 11.7 Å². The van der Waals surface area contributed by atoms with E-state index in [-0.39, 0.29) is 16.5 Å². The van der Waals surface area contributed by atoms with Gasteiger partial charge in [0.2, 0.25) is 0 Å². The van der Waals surface area contributed by atoms with Crippen molar-refractivity contribution in [2.45, 2.75) is 0 Å². The van der Waals surface area contributed by atoms with Crippen LogP contribution >= 0.6 is 20.3 Å². The average Bonchev–Trinajstić information content (AvgIpc) is 2.48. The second kappa shape index (κ2) is 11.2. The Bertz CT molecular complexity index is 436. The standard InChI is InChI=1S/C12H14N4.2ClH.Co.Ni/c13-15-11-5-1-9(2-6-11)10-3-7-12(16-14)8-4-10;;;;/h1-8,15-16H,13-14H2;2*1H;;/q;;;+2;/p-2. The maximum absolute atomic E-state index is 5.30. The van der Waals surface area contributed by atoms with E-state index in [1.807, 2.05) is 48.5 Å². The summed E-state index contributed by atoms with van der Waals surface area (Å²) in [6.45, 7) is 0. The van der Waals surface area contributed by atoms with Crippen molar-refractivity contribution in [3.8, 4) is 11.1 Å². The maximum Gasteiger partial charge on any atom is 0 e. The number of hydrogen-bond donors (Lipinski definition) is 4. The van der Waals surface area contributed by atoms with E-state index in [9.17, 15) is 0 Å². The fraction of sp³-hybridized carbons (Fsp3) is 0. The summed E-state index contributed by atoms with van der Waals surface area (Å²) in [5.41, 5.74) is 9.26. The molecule has 0 aliphatic heterocycles. The van der Waals surface area contributed by atoms with E-state index in [0.717, 1.165) is 22.5 Å². The summed E-state index contributed by atoms with van der Waals surface area (Å²) >= 11 is 0.382. The zero-order valence-electron chi connectivity index (χ0n) is 10.2. The van der Waals surface area contributed by atoms with Gasteiger partial charge in [-0.25, -0.2) is 0 Å². The van der Waals surface area contributed by atoms with Crippen LogP contribution in [0.1, 0.15) is 0 Å². The molecule has 2 aromatic rings. The number of anilines is 2. The minimum Gasteiger partial charge on any atom is 0 e. The number of nitrogens with one attached hydrogen (secondary N) is 2. The molecular formula is C12H14Cl2CoN4Ni. The number of rotatable bonds is 3. The largest absolute Gasteiger partial charge is 0 e. The van der Waals surface area contributed by atoms with E-state index < -0.39 is 0 Å². The van der Waals surface area contributed by atoms with Crippen molar-refractivity contribution >= 4 is 31.7 Å². The molecule has 0 spiro atoms. The predicted molar refractivity (Wildman–Crippen MR) is 79.2 cm³/mol. The Morgan fingerprint density at radius 1 is 0.700 bits per heavy atom. The molecule has 2 rings (SSSR count). The van der Waals surface area contributed by atoms with Gasteiger partial charge in [0, 0.05) is 27.9 Å². The van der Waals surface area contributed by atoms with Crippen molar-refractivity contribution in [3.63, 3.8) is 0 Å². The summed E-state index contributed by atoms with van der Waals surface area (Å²) in [6, 6.07) is 15.8. The summed E-state index contributed by atoms with van der Waals surface area (Å²) in [5, 5.41) is 0. The third kappa shape index (κ3) is 6.33. The Morgan fingerprint density at radius 3 is 1.15 bits per heavy atom. The van der Waals surface area contributed by atoms with E-state index in [4.69, 9.17) is 32.0 Å². The monoisotopic (exact) mass is 401 g/mol. The molecule has 0 fully saturated rings. The fourth-order valence-corrected chi connectivity index (χ4v) is 1.52. The first kappa shape index (κ1) is 19.5. The molecule has 2 aromatic carbocycles. The van der Waals surface area contributed by atoms with Crippen molar-refractivity contribution in [2.75, 3.05) is 10.9 Å². The quantitative estimate of drug-likeness (QED) is 0.361. The Labute approximate surface area is 142 Å². The van der Waals surface area contributed by atoms with Gasteiger partial charge in [-0.3, -0.25) is 11.7 Å². The molecule has 0 aliphatic carbocycles. The van der Waals surface area contributed by atoms with Gasteiger partial charge >= 0.3 is 33.2 Å². The summed E-state index contributed by atoms with van der Waals surface area (Å²) in [5.74, 6) is 10.6. The average molecular weight is 403 g/mol. The molecule has 0 saturated heterocycles. The topological polar surface area (TPSA) is 76.1 Å². The van der Waals surface area contributed by atoms with Crippen molar-refractivity contribution in [1.82, 2.24) is 0 Å². The molecule has 6 N–H and O–H groups in total. The Balaban J connectivity index is 0.000000830. The number of nitrogens with two attached hydrogens (primary N) is 2. The van der Waals surface area contributed by atoms with Crippen LogP contribution in [0.3, 0.4) is 0 Å². The molecule has 0 saturated carbocycles. The van der Waals surface area contributed by atoms with Crippen LogP contribution in [-0.4, -0.2) is 0 Å². The molecule has 4 nitrogen and oxygen atoms in total. The second-order valence-corrected chi connectivity index (χ2v) is 5.21. The zero-order valence-corrected chi connectivity index (χ0v) is 13.7. The minimum absolute atomic E-state index is 0. The Kier molecular flexibility index (Phi) is 11.0. The van der Waals surface area contributed by atoms with Crippen LogP contribution in [0.25, 0.3) is 11.1 Å². The molecule has 8 heteroatoms. The van der Waals surface area contributed by atoms with Crippen LogP contribution in [0.15, 0.2) is 48.5 Å². The molecule has 0 unspecified atom stereocenters. The van der Waals surface area contributed by atoms with Gasteiger partial charge in [-0.1, -0.05) is 24.3 Å². The van der Waals surface area contributed by atoms with Crippen LogP contribution in [0.2, 0.25) is 0 Å². The van der Waals surface area contributed by atoms with Crippen LogP contribution in [0, 0.1) is 0 Å². The van der Waals surface area contributed by atoms with Gasteiger partial charge in [-0.05, 0) is 35.4 Å².